The quantitative estimate of drug-likeness (QED) is 0.630. The van der Waals surface area contributed by atoms with Crippen molar-refractivity contribution in [3.63, 3.8) is 0 Å². The Morgan fingerprint density at radius 2 is 1.63 bits per heavy atom. The largest absolute Gasteiger partial charge is 0.348 e. The lowest BCUT2D eigenvalue weighted by Gasteiger charge is -2.12. The molecule has 3 rings (SSSR count). The Labute approximate surface area is 177 Å². The number of sulfonamides is 1. The molecule has 30 heavy (non-hydrogen) atoms. The van der Waals surface area contributed by atoms with E-state index in [1.54, 1.807) is 30.7 Å². The van der Waals surface area contributed by atoms with Crippen LogP contribution < -0.4 is 5.32 Å². The lowest BCUT2D eigenvalue weighted by molar-refractivity contribution is 0.0951. The van der Waals surface area contributed by atoms with Gasteiger partial charge >= 0.3 is 0 Å². The van der Waals surface area contributed by atoms with E-state index in [9.17, 15) is 13.2 Å². The molecule has 8 heteroatoms. The third-order valence-corrected chi connectivity index (χ3v) is 6.97. The summed E-state index contributed by atoms with van der Waals surface area (Å²) in [7, 11) is -0.546. The predicted octanol–water partition coefficient (Wildman–Crippen LogP) is 2.73. The maximum absolute atomic E-state index is 12.6. The number of nitrogens with one attached hydrogen (secondary N) is 1. The number of aromatic nitrogens is 2. The highest BCUT2D eigenvalue weighted by Gasteiger charge is 2.26. The number of aryl methyl sites for hydroxylation is 1. The molecule has 1 N–H and O–H groups in total. The molecule has 0 saturated heterocycles. The Morgan fingerprint density at radius 3 is 2.23 bits per heavy atom. The molecule has 0 aliphatic carbocycles. The number of hydrogen-bond acceptors (Lipinski definition) is 4. The molecule has 0 saturated carbocycles. The summed E-state index contributed by atoms with van der Waals surface area (Å²) in [6, 6.07) is 17.0. The smallest absolute Gasteiger partial charge is 0.251 e. The number of carbonyl (C=O) groups is 1. The van der Waals surface area contributed by atoms with Gasteiger partial charge in [-0.15, -0.1) is 0 Å². The van der Waals surface area contributed by atoms with Gasteiger partial charge in [-0.05, 0) is 37.1 Å². The van der Waals surface area contributed by atoms with E-state index in [2.05, 4.69) is 10.4 Å². The lowest BCUT2D eigenvalue weighted by Crippen LogP contribution is -2.23. The Hall–Kier alpha value is -2.97. The van der Waals surface area contributed by atoms with Crippen LogP contribution in [0.3, 0.4) is 0 Å². The molecule has 1 aromatic heterocycles. The van der Waals surface area contributed by atoms with Crippen molar-refractivity contribution in [2.45, 2.75) is 31.8 Å². The Balaban J connectivity index is 1.71. The lowest BCUT2D eigenvalue weighted by atomic mass is 10.1. The van der Waals surface area contributed by atoms with Gasteiger partial charge in [0, 0.05) is 26.2 Å². The monoisotopic (exact) mass is 426 g/mol. The Bertz CT molecular complexity index is 1140. The Kier molecular flexibility index (Phi) is 6.38. The summed E-state index contributed by atoms with van der Waals surface area (Å²) in [5.74, 6) is -0.143. The van der Waals surface area contributed by atoms with Crippen molar-refractivity contribution < 1.29 is 13.2 Å². The van der Waals surface area contributed by atoms with Crippen LogP contribution in [-0.4, -0.2) is 42.5 Å². The first-order valence-corrected chi connectivity index (χ1v) is 11.0. The Morgan fingerprint density at radius 1 is 1.00 bits per heavy atom. The van der Waals surface area contributed by atoms with Crippen LogP contribution >= 0.6 is 0 Å². The summed E-state index contributed by atoms with van der Waals surface area (Å²) >= 11 is 0. The summed E-state index contributed by atoms with van der Waals surface area (Å²) < 4.78 is 28.0. The minimum absolute atomic E-state index is 0.143. The third-order valence-electron chi connectivity index (χ3n) is 4.90. The van der Waals surface area contributed by atoms with Crippen molar-refractivity contribution in [3.05, 3.63) is 82.7 Å². The molecule has 0 fully saturated rings. The van der Waals surface area contributed by atoms with Gasteiger partial charge in [0.25, 0.3) is 5.91 Å². The topological polar surface area (TPSA) is 84.3 Å². The van der Waals surface area contributed by atoms with Crippen molar-refractivity contribution in [1.29, 1.82) is 0 Å². The van der Waals surface area contributed by atoms with Crippen LogP contribution in [-0.2, 0) is 23.1 Å². The maximum atomic E-state index is 12.6. The number of hydrogen-bond donors (Lipinski definition) is 1. The highest BCUT2D eigenvalue weighted by Crippen LogP contribution is 2.22. The van der Waals surface area contributed by atoms with Crippen molar-refractivity contribution in [1.82, 2.24) is 19.4 Å². The average Bonchev–Trinajstić information content (AvgIpc) is 3.00. The van der Waals surface area contributed by atoms with Crippen LogP contribution in [0.2, 0.25) is 0 Å². The highest BCUT2D eigenvalue weighted by molar-refractivity contribution is 7.89. The molecule has 0 aliphatic heterocycles. The fourth-order valence-corrected chi connectivity index (χ4v) is 4.46. The molecule has 0 spiro atoms. The van der Waals surface area contributed by atoms with Gasteiger partial charge in [0.2, 0.25) is 10.0 Å². The molecule has 0 unspecified atom stereocenters. The minimum Gasteiger partial charge on any atom is -0.348 e. The maximum Gasteiger partial charge on any atom is 0.251 e. The first-order chi connectivity index (χ1) is 14.2. The number of rotatable bonds is 7. The van der Waals surface area contributed by atoms with Gasteiger partial charge in [-0.1, -0.05) is 42.5 Å². The van der Waals surface area contributed by atoms with Gasteiger partial charge in [-0.3, -0.25) is 9.48 Å². The van der Waals surface area contributed by atoms with E-state index in [0.717, 1.165) is 11.1 Å². The fraction of sp³-hybridized carbons (Fsp3) is 0.273. The second-order valence-electron chi connectivity index (χ2n) is 7.31. The van der Waals surface area contributed by atoms with E-state index in [0.29, 0.717) is 30.0 Å². The van der Waals surface area contributed by atoms with Crippen molar-refractivity contribution in [2.24, 2.45) is 0 Å². The molecule has 158 valence electrons. The van der Waals surface area contributed by atoms with Crippen molar-refractivity contribution >= 4 is 15.9 Å². The summed E-state index contributed by atoms with van der Waals surface area (Å²) in [4.78, 5) is 12.6. The van der Waals surface area contributed by atoms with Gasteiger partial charge in [-0.2, -0.15) is 5.10 Å². The first-order valence-electron chi connectivity index (χ1n) is 9.57. The first kappa shape index (κ1) is 21.7. The number of carbonyl (C=O) groups excluding carboxylic acids is 1. The molecule has 1 heterocycles. The second kappa shape index (κ2) is 8.81. The number of amides is 1. The van der Waals surface area contributed by atoms with Crippen LogP contribution in [0.25, 0.3) is 0 Å². The zero-order valence-electron chi connectivity index (χ0n) is 17.6. The number of benzene rings is 2. The molecular formula is C22H26N4O3S. The average molecular weight is 427 g/mol. The van der Waals surface area contributed by atoms with E-state index in [4.69, 9.17) is 0 Å². The zero-order chi connectivity index (χ0) is 21.9. The van der Waals surface area contributed by atoms with Crippen LogP contribution in [0.5, 0.6) is 0 Å². The van der Waals surface area contributed by atoms with Crippen LogP contribution in [0.15, 0.2) is 59.5 Å². The molecule has 2 aromatic carbocycles. The molecule has 7 nitrogen and oxygen atoms in total. The molecule has 0 atom stereocenters. The predicted molar refractivity (Wildman–Crippen MR) is 116 cm³/mol. The van der Waals surface area contributed by atoms with Gasteiger partial charge in [0.1, 0.15) is 4.90 Å². The molecule has 1 amide bonds. The van der Waals surface area contributed by atoms with E-state index in [1.807, 2.05) is 42.5 Å². The second-order valence-corrected chi connectivity index (χ2v) is 9.40. The number of nitrogens with zero attached hydrogens (tertiary/aromatic N) is 3. The fourth-order valence-electron chi connectivity index (χ4n) is 3.21. The summed E-state index contributed by atoms with van der Waals surface area (Å²) in [6.45, 7) is 4.33. The summed E-state index contributed by atoms with van der Waals surface area (Å²) in [5, 5.41) is 7.31. The van der Waals surface area contributed by atoms with Gasteiger partial charge < -0.3 is 5.32 Å². The summed E-state index contributed by atoms with van der Waals surface area (Å²) in [5.41, 5.74) is 3.59. The normalized spacial score (nSPS) is 11.6. The molecule has 0 radical (unpaired) electrons. The van der Waals surface area contributed by atoms with Crippen molar-refractivity contribution in [2.75, 3.05) is 14.1 Å². The van der Waals surface area contributed by atoms with Crippen LogP contribution in [0.1, 0.15) is 32.9 Å². The highest BCUT2D eigenvalue weighted by atomic mass is 32.2. The van der Waals surface area contributed by atoms with Gasteiger partial charge in [-0.25, -0.2) is 12.7 Å². The van der Waals surface area contributed by atoms with E-state index in [1.165, 1.54) is 18.4 Å². The molecule has 0 aliphatic rings. The summed E-state index contributed by atoms with van der Waals surface area (Å²) in [6.07, 6.45) is 0. The minimum atomic E-state index is -3.56. The third kappa shape index (κ3) is 4.60. The van der Waals surface area contributed by atoms with E-state index >= 15 is 0 Å². The SMILES string of the molecule is Cc1nn(Cc2ccc(C(=O)NCc3ccccc3)cc2)c(C)c1S(=O)(=O)N(C)C. The standard InChI is InChI=1S/C22H26N4O3S/c1-16-21(30(28,29)25(3)4)17(2)26(24-16)15-19-10-12-20(13-11-19)22(27)23-14-18-8-6-5-7-9-18/h5-13H,14-15H2,1-4H3,(H,23,27). The van der Waals surface area contributed by atoms with E-state index < -0.39 is 10.0 Å². The van der Waals surface area contributed by atoms with Crippen LogP contribution in [0, 0.1) is 13.8 Å². The van der Waals surface area contributed by atoms with Crippen molar-refractivity contribution in [3.8, 4) is 0 Å². The molecule has 0 bridgehead atoms. The van der Waals surface area contributed by atoms with Gasteiger partial charge in [0.05, 0.1) is 17.9 Å². The molecular weight excluding hydrogens is 400 g/mol. The molecule has 3 aromatic rings. The van der Waals surface area contributed by atoms with E-state index in [-0.39, 0.29) is 10.8 Å². The van der Waals surface area contributed by atoms with Gasteiger partial charge in [0.15, 0.2) is 0 Å². The zero-order valence-corrected chi connectivity index (χ0v) is 18.4. The van der Waals surface area contributed by atoms with Crippen LogP contribution in [0.4, 0.5) is 0 Å².